The number of hydrogen-bond donors (Lipinski definition) is 2. The Bertz CT molecular complexity index is 546. The summed E-state index contributed by atoms with van der Waals surface area (Å²) in [6, 6.07) is 6.41. The molecule has 19 heavy (non-hydrogen) atoms. The zero-order chi connectivity index (χ0) is 14.0. The van der Waals surface area contributed by atoms with Crippen molar-refractivity contribution in [2.45, 2.75) is 6.42 Å². The molecule has 0 aromatic heterocycles. The lowest BCUT2D eigenvalue weighted by atomic mass is 10.1. The van der Waals surface area contributed by atoms with E-state index in [4.69, 9.17) is 16.7 Å². The Morgan fingerprint density at radius 3 is 2.63 bits per heavy atom. The molecule has 100 valence electrons. The van der Waals surface area contributed by atoms with Crippen LogP contribution < -0.4 is 5.43 Å². The highest BCUT2D eigenvalue weighted by Crippen LogP contribution is 2.18. The van der Waals surface area contributed by atoms with Crippen molar-refractivity contribution in [2.24, 2.45) is 5.92 Å². The van der Waals surface area contributed by atoms with E-state index in [1.54, 1.807) is 18.2 Å². The maximum Gasteiger partial charge on any atom is 0.308 e. The van der Waals surface area contributed by atoms with Crippen LogP contribution in [0.2, 0.25) is 5.02 Å². The summed E-state index contributed by atoms with van der Waals surface area (Å²) in [6.45, 7) is -0.0373. The average Bonchev–Trinajstić information content (AvgIpc) is 2.71. The largest absolute Gasteiger partial charge is 0.481 e. The molecule has 0 aliphatic carbocycles. The molecule has 0 spiro atoms. The van der Waals surface area contributed by atoms with Crippen LogP contribution >= 0.6 is 11.6 Å². The monoisotopic (exact) mass is 282 g/mol. The molecule has 1 aliphatic rings. The number of benzene rings is 1. The fourth-order valence-corrected chi connectivity index (χ4v) is 2.03. The van der Waals surface area contributed by atoms with Crippen LogP contribution in [0, 0.1) is 5.92 Å². The number of hydrogen-bond acceptors (Lipinski definition) is 3. The molecule has 2 N–H and O–H groups in total. The van der Waals surface area contributed by atoms with Gasteiger partial charge in [-0.1, -0.05) is 23.7 Å². The number of amides is 2. The van der Waals surface area contributed by atoms with Gasteiger partial charge in [-0.2, -0.15) is 0 Å². The summed E-state index contributed by atoms with van der Waals surface area (Å²) in [5, 5.41) is 10.1. The number of aliphatic carboxylic acids is 1. The second-order valence-electron chi connectivity index (χ2n) is 4.16. The van der Waals surface area contributed by atoms with Gasteiger partial charge in [0.2, 0.25) is 5.91 Å². The van der Waals surface area contributed by atoms with Crippen LogP contribution in [0.25, 0.3) is 0 Å². The molecule has 1 aliphatic heterocycles. The summed E-state index contributed by atoms with van der Waals surface area (Å²) >= 11 is 5.86. The molecule has 0 radical (unpaired) electrons. The van der Waals surface area contributed by atoms with E-state index in [9.17, 15) is 14.4 Å². The fourth-order valence-electron chi connectivity index (χ4n) is 1.81. The van der Waals surface area contributed by atoms with Gasteiger partial charge in [-0.3, -0.25) is 24.8 Å². The van der Waals surface area contributed by atoms with Gasteiger partial charge in [0.05, 0.1) is 23.0 Å². The minimum absolute atomic E-state index is 0.0373. The van der Waals surface area contributed by atoms with Crippen LogP contribution in [0.1, 0.15) is 16.8 Å². The molecule has 2 rings (SSSR count). The molecule has 6 nitrogen and oxygen atoms in total. The van der Waals surface area contributed by atoms with Crippen molar-refractivity contribution < 1.29 is 19.5 Å². The Morgan fingerprint density at radius 2 is 2.05 bits per heavy atom. The Balaban J connectivity index is 2.06. The number of carboxylic acid groups (broad SMARTS) is 1. The number of nitrogens with one attached hydrogen (secondary N) is 1. The number of rotatable bonds is 3. The standard InChI is InChI=1S/C12H11ClN2O4/c13-9-4-2-1-3-8(9)11(17)14-15-6-7(12(18)19)5-10(15)16/h1-4,7H,5-6H2,(H,14,17)(H,18,19)/t7-/m1/s1. The predicted molar refractivity (Wildman–Crippen MR) is 66.4 cm³/mol. The molecular formula is C12H11ClN2O4. The first kappa shape index (κ1) is 13.4. The maximum absolute atomic E-state index is 11.9. The van der Waals surface area contributed by atoms with Gasteiger partial charge >= 0.3 is 5.97 Å². The van der Waals surface area contributed by atoms with Gasteiger partial charge in [0.25, 0.3) is 5.91 Å². The summed E-state index contributed by atoms with van der Waals surface area (Å²) in [6.07, 6.45) is -0.113. The van der Waals surface area contributed by atoms with Crippen LogP contribution in [0.15, 0.2) is 24.3 Å². The number of hydrazine groups is 1. The lowest BCUT2D eigenvalue weighted by molar-refractivity contribution is -0.141. The molecular weight excluding hydrogens is 272 g/mol. The number of halogens is 1. The first-order valence-electron chi connectivity index (χ1n) is 5.57. The maximum atomic E-state index is 11.9. The summed E-state index contributed by atoms with van der Waals surface area (Å²) in [5.74, 6) is -2.81. The quantitative estimate of drug-likeness (QED) is 0.863. The first-order chi connectivity index (χ1) is 8.99. The molecule has 1 saturated heterocycles. The summed E-state index contributed by atoms with van der Waals surface area (Å²) in [4.78, 5) is 34.3. The Labute approximate surface area is 113 Å². The summed E-state index contributed by atoms with van der Waals surface area (Å²) in [7, 11) is 0. The van der Waals surface area contributed by atoms with Crippen molar-refractivity contribution in [2.75, 3.05) is 6.54 Å². The van der Waals surface area contributed by atoms with Gasteiger partial charge in [-0.05, 0) is 12.1 Å². The molecule has 1 fully saturated rings. The van der Waals surface area contributed by atoms with Crippen LogP contribution in [0.3, 0.4) is 0 Å². The molecule has 0 bridgehead atoms. The van der Waals surface area contributed by atoms with Crippen molar-refractivity contribution in [3.05, 3.63) is 34.9 Å². The SMILES string of the molecule is O=C(NN1C[C@H](C(=O)O)CC1=O)c1ccccc1Cl. The van der Waals surface area contributed by atoms with E-state index < -0.39 is 23.7 Å². The van der Waals surface area contributed by atoms with Gasteiger partial charge in [-0.25, -0.2) is 0 Å². The van der Waals surface area contributed by atoms with E-state index in [0.717, 1.165) is 5.01 Å². The lowest BCUT2D eigenvalue weighted by Gasteiger charge is -2.17. The van der Waals surface area contributed by atoms with Crippen molar-refractivity contribution >= 4 is 29.4 Å². The van der Waals surface area contributed by atoms with E-state index >= 15 is 0 Å². The number of carboxylic acids is 1. The van der Waals surface area contributed by atoms with Crippen molar-refractivity contribution in [1.82, 2.24) is 10.4 Å². The van der Waals surface area contributed by atoms with E-state index in [-0.39, 0.29) is 23.6 Å². The van der Waals surface area contributed by atoms with Gasteiger partial charge in [-0.15, -0.1) is 0 Å². The van der Waals surface area contributed by atoms with Crippen molar-refractivity contribution in [1.29, 1.82) is 0 Å². The van der Waals surface area contributed by atoms with Crippen LogP contribution in [0.4, 0.5) is 0 Å². The third-order valence-corrected chi connectivity index (χ3v) is 3.16. The average molecular weight is 283 g/mol. The van der Waals surface area contributed by atoms with E-state index in [0.29, 0.717) is 0 Å². The number of carbonyl (C=O) groups is 3. The third kappa shape index (κ3) is 2.85. The van der Waals surface area contributed by atoms with Crippen LogP contribution in [0.5, 0.6) is 0 Å². The van der Waals surface area contributed by atoms with Gasteiger partial charge in [0.15, 0.2) is 0 Å². The number of nitrogens with zero attached hydrogens (tertiary/aromatic N) is 1. The second-order valence-corrected chi connectivity index (χ2v) is 4.57. The van der Waals surface area contributed by atoms with Gasteiger partial charge in [0.1, 0.15) is 0 Å². The molecule has 7 heteroatoms. The smallest absolute Gasteiger partial charge is 0.308 e. The third-order valence-electron chi connectivity index (χ3n) is 2.83. The topological polar surface area (TPSA) is 86.7 Å². The lowest BCUT2D eigenvalue weighted by Crippen LogP contribution is -2.43. The molecule has 1 heterocycles. The van der Waals surface area contributed by atoms with Crippen molar-refractivity contribution in [3.63, 3.8) is 0 Å². The normalized spacial score (nSPS) is 18.5. The highest BCUT2D eigenvalue weighted by Gasteiger charge is 2.35. The predicted octanol–water partition coefficient (Wildman–Crippen LogP) is 0.918. The Hall–Kier alpha value is -2.08. The van der Waals surface area contributed by atoms with E-state index in [2.05, 4.69) is 5.43 Å². The van der Waals surface area contributed by atoms with Crippen LogP contribution in [-0.4, -0.2) is 34.4 Å². The highest BCUT2D eigenvalue weighted by atomic mass is 35.5. The summed E-state index contributed by atoms with van der Waals surface area (Å²) < 4.78 is 0. The van der Waals surface area contributed by atoms with Crippen LogP contribution in [-0.2, 0) is 9.59 Å². The zero-order valence-corrected chi connectivity index (χ0v) is 10.6. The van der Waals surface area contributed by atoms with E-state index in [1.807, 2.05) is 0 Å². The van der Waals surface area contributed by atoms with Gasteiger partial charge < -0.3 is 5.11 Å². The van der Waals surface area contributed by atoms with Gasteiger partial charge in [0, 0.05) is 6.42 Å². The molecule has 0 unspecified atom stereocenters. The molecule has 1 atom stereocenters. The second kappa shape index (κ2) is 5.27. The fraction of sp³-hybridized carbons (Fsp3) is 0.250. The number of carbonyl (C=O) groups excluding carboxylic acids is 2. The van der Waals surface area contributed by atoms with E-state index in [1.165, 1.54) is 6.07 Å². The highest BCUT2D eigenvalue weighted by molar-refractivity contribution is 6.33. The summed E-state index contributed by atoms with van der Waals surface area (Å²) in [5.41, 5.74) is 2.60. The molecule has 0 saturated carbocycles. The molecule has 1 aromatic rings. The molecule has 1 aromatic carbocycles. The Kier molecular flexibility index (Phi) is 3.71. The minimum atomic E-state index is -1.05. The zero-order valence-electron chi connectivity index (χ0n) is 9.80. The Morgan fingerprint density at radius 1 is 1.37 bits per heavy atom. The molecule has 2 amide bonds. The minimum Gasteiger partial charge on any atom is -0.481 e. The first-order valence-corrected chi connectivity index (χ1v) is 5.95. The van der Waals surface area contributed by atoms with Crippen molar-refractivity contribution in [3.8, 4) is 0 Å².